The summed E-state index contributed by atoms with van der Waals surface area (Å²) in [6, 6.07) is 5.90. The molecule has 0 spiro atoms. The molecule has 0 heterocycles. The Kier molecular flexibility index (Phi) is 11.6. The van der Waals surface area contributed by atoms with Crippen LogP contribution < -0.4 is 0 Å². The molecule has 0 amide bonds. The van der Waals surface area contributed by atoms with E-state index in [2.05, 4.69) is 37.9 Å². The van der Waals surface area contributed by atoms with Crippen LogP contribution in [0.3, 0.4) is 0 Å². The fourth-order valence-electron chi connectivity index (χ4n) is 2.66. The van der Waals surface area contributed by atoms with Crippen LogP contribution in [-0.2, 0) is 0 Å². The lowest BCUT2D eigenvalue weighted by atomic mass is 9.95. The maximum atomic E-state index is 11.5. The Bertz CT molecular complexity index is 705. The number of ketones is 1. The van der Waals surface area contributed by atoms with E-state index in [1.807, 2.05) is 51.1 Å². The Balaban J connectivity index is 0.000000772. The van der Waals surface area contributed by atoms with Gasteiger partial charge in [0.1, 0.15) is 0 Å². The number of carbonyl (C=O) groups excluding carboxylic acids is 1. The minimum atomic E-state index is 0.0948. The predicted octanol–water partition coefficient (Wildman–Crippen LogP) is 7.12. The van der Waals surface area contributed by atoms with E-state index in [-0.39, 0.29) is 5.78 Å². The third-order valence-corrected chi connectivity index (χ3v) is 3.91. The van der Waals surface area contributed by atoms with Crippen molar-refractivity contribution in [1.82, 2.24) is 0 Å². The molecule has 1 aliphatic carbocycles. The molecule has 0 N–H and O–H groups in total. The maximum Gasteiger partial charge on any atom is 0.160 e. The summed E-state index contributed by atoms with van der Waals surface area (Å²) in [4.78, 5) is 15.5. The van der Waals surface area contributed by atoms with Crippen LogP contribution in [0.1, 0.15) is 68.4 Å². The number of unbranched alkanes of at least 4 members (excludes halogenated alkanes) is 1. The Labute approximate surface area is 159 Å². The van der Waals surface area contributed by atoms with Crippen molar-refractivity contribution in [1.29, 1.82) is 0 Å². The molecule has 0 saturated heterocycles. The number of hydrogen-bond donors (Lipinski definition) is 0. The standard InChI is InChI=1S/C17H17NO.C5H10.C2H6/c1-5-14-16(8-9-17(14)18-4)13-6-7-15(12(3)19)11(2)10-13;1-3-5-4-2;1-2/h5-8,10H,1,4,9H2,2-3H3;3H,1,4-5H2,2H3;1-2H3. The topological polar surface area (TPSA) is 29.4 Å². The summed E-state index contributed by atoms with van der Waals surface area (Å²) in [6.07, 6.45) is 9.04. The molecule has 0 aromatic heterocycles. The van der Waals surface area contributed by atoms with E-state index in [4.69, 9.17) is 0 Å². The molecule has 2 rings (SSSR count). The number of rotatable bonds is 6. The molecule has 0 unspecified atom stereocenters. The molecule has 2 nitrogen and oxygen atoms in total. The quantitative estimate of drug-likeness (QED) is 0.304. The maximum absolute atomic E-state index is 11.5. The lowest BCUT2D eigenvalue weighted by Gasteiger charge is -2.09. The van der Waals surface area contributed by atoms with Crippen LogP contribution >= 0.6 is 0 Å². The van der Waals surface area contributed by atoms with Gasteiger partial charge in [-0.25, -0.2) is 0 Å². The first-order valence-electron chi connectivity index (χ1n) is 9.25. The normalized spacial score (nSPS) is 12.1. The zero-order valence-corrected chi connectivity index (χ0v) is 17.1. The number of benzene rings is 1. The van der Waals surface area contributed by atoms with Crippen LogP contribution in [0.2, 0.25) is 0 Å². The van der Waals surface area contributed by atoms with Crippen molar-refractivity contribution in [2.24, 2.45) is 4.99 Å². The van der Waals surface area contributed by atoms with Gasteiger partial charge < -0.3 is 0 Å². The Hall–Kier alpha value is -2.48. The number of aliphatic imine (C=N–C) groups is 1. The van der Waals surface area contributed by atoms with Crippen LogP contribution in [0.5, 0.6) is 0 Å². The van der Waals surface area contributed by atoms with E-state index in [1.165, 1.54) is 6.42 Å². The van der Waals surface area contributed by atoms with E-state index in [9.17, 15) is 4.79 Å². The van der Waals surface area contributed by atoms with Crippen molar-refractivity contribution in [2.75, 3.05) is 0 Å². The van der Waals surface area contributed by atoms with Crippen LogP contribution in [0, 0.1) is 6.92 Å². The summed E-state index contributed by atoms with van der Waals surface area (Å²) in [5.74, 6) is 0.0948. The van der Waals surface area contributed by atoms with Gasteiger partial charge in [0.25, 0.3) is 0 Å². The molecule has 140 valence electrons. The molecule has 1 aromatic rings. The minimum Gasteiger partial charge on any atom is -0.295 e. The van der Waals surface area contributed by atoms with Crippen molar-refractivity contribution in [3.63, 3.8) is 0 Å². The highest BCUT2D eigenvalue weighted by Gasteiger charge is 2.16. The first-order valence-corrected chi connectivity index (χ1v) is 9.25. The average Bonchev–Trinajstić information content (AvgIpc) is 3.07. The summed E-state index contributed by atoms with van der Waals surface area (Å²) in [7, 11) is 0. The van der Waals surface area contributed by atoms with E-state index in [0.717, 1.165) is 46.4 Å². The van der Waals surface area contributed by atoms with Gasteiger partial charge >= 0.3 is 0 Å². The van der Waals surface area contributed by atoms with Crippen LogP contribution in [-0.4, -0.2) is 12.5 Å². The minimum absolute atomic E-state index is 0.0948. The number of carbonyl (C=O) groups is 1. The number of hydrogen-bond acceptors (Lipinski definition) is 2. The third-order valence-electron chi connectivity index (χ3n) is 3.91. The van der Waals surface area contributed by atoms with Gasteiger partial charge in [0.05, 0.1) is 5.70 Å². The highest BCUT2D eigenvalue weighted by atomic mass is 16.1. The van der Waals surface area contributed by atoms with Crippen LogP contribution in [0.25, 0.3) is 5.57 Å². The number of nitrogens with zero attached hydrogens (tertiary/aromatic N) is 1. The molecule has 1 aromatic carbocycles. The summed E-state index contributed by atoms with van der Waals surface area (Å²) in [5.41, 5.74) is 5.97. The molecule has 2 heteroatoms. The highest BCUT2D eigenvalue weighted by Crippen LogP contribution is 2.35. The monoisotopic (exact) mass is 351 g/mol. The first-order chi connectivity index (χ1) is 12.5. The molecule has 0 bridgehead atoms. The molecule has 26 heavy (non-hydrogen) atoms. The summed E-state index contributed by atoms with van der Waals surface area (Å²) < 4.78 is 0. The van der Waals surface area contributed by atoms with E-state index >= 15 is 0 Å². The Morgan fingerprint density at radius 2 is 1.92 bits per heavy atom. The number of allylic oxidation sites excluding steroid dienone is 5. The fourth-order valence-corrected chi connectivity index (χ4v) is 2.66. The molecule has 0 saturated carbocycles. The molecule has 0 radical (unpaired) electrons. The third kappa shape index (κ3) is 6.44. The average molecular weight is 352 g/mol. The molecular formula is C24H33NO. The predicted molar refractivity (Wildman–Crippen MR) is 117 cm³/mol. The second-order valence-corrected chi connectivity index (χ2v) is 5.71. The number of Topliss-reactive ketones (excluding diaryl/α,β-unsaturated/α-hetero) is 1. The second-order valence-electron chi connectivity index (χ2n) is 5.71. The van der Waals surface area contributed by atoms with Gasteiger partial charge in [-0.15, -0.1) is 6.58 Å². The second kappa shape index (κ2) is 12.8. The molecule has 0 atom stereocenters. The van der Waals surface area contributed by atoms with E-state index < -0.39 is 0 Å². The van der Waals surface area contributed by atoms with Gasteiger partial charge in [0.2, 0.25) is 0 Å². The zero-order chi connectivity index (χ0) is 20.1. The summed E-state index contributed by atoms with van der Waals surface area (Å²) >= 11 is 0. The molecule has 1 aliphatic rings. The zero-order valence-electron chi connectivity index (χ0n) is 17.1. The molecular weight excluding hydrogens is 318 g/mol. The van der Waals surface area contributed by atoms with Crippen molar-refractivity contribution >= 4 is 18.1 Å². The van der Waals surface area contributed by atoms with Gasteiger partial charge in [-0.05, 0) is 43.7 Å². The van der Waals surface area contributed by atoms with Gasteiger partial charge in [-0.3, -0.25) is 9.79 Å². The van der Waals surface area contributed by atoms with E-state index in [0.29, 0.717) is 0 Å². The fraction of sp³-hybridized carbons (Fsp3) is 0.333. The van der Waals surface area contributed by atoms with Crippen molar-refractivity contribution < 1.29 is 4.79 Å². The van der Waals surface area contributed by atoms with Gasteiger partial charge in [0.15, 0.2) is 5.78 Å². The summed E-state index contributed by atoms with van der Waals surface area (Å²) in [5, 5.41) is 0. The largest absolute Gasteiger partial charge is 0.295 e. The lowest BCUT2D eigenvalue weighted by molar-refractivity contribution is 0.101. The summed E-state index contributed by atoms with van der Waals surface area (Å²) in [6.45, 7) is 20.7. The molecule has 0 fully saturated rings. The van der Waals surface area contributed by atoms with Crippen molar-refractivity contribution in [3.05, 3.63) is 77.5 Å². The lowest BCUT2D eigenvalue weighted by Crippen LogP contribution is -1.97. The van der Waals surface area contributed by atoms with Gasteiger partial charge in [-0.1, -0.05) is 70.2 Å². The van der Waals surface area contributed by atoms with Crippen molar-refractivity contribution in [3.8, 4) is 0 Å². The smallest absolute Gasteiger partial charge is 0.160 e. The van der Waals surface area contributed by atoms with Crippen molar-refractivity contribution in [2.45, 2.75) is 53.9 Å². The Morgan fingerprint density at radius 3 is 2.31 bits per heavy atom. The Morgan fingerprint density at radius 1 is 1.27 bits per heavy atom. The molecule has 0 aliphatic heterocycles. The van der Waals surface area contributed by atoms with E-state index in [1.54, 1.807) is 6.92 Å². The van der Waals surface area contributed by atoms with Gasteiger partial charge in [-0.2, -0.15) is 0 Å². The van der Waals surface area contributed by atoms with Crippen LogP contribution in [0.4, 0.5) is 0 Å². The SMILES string of the molecule is C=CC1=C(N=C)CC=C1c1ccc(C(C)=O)c(C)c1.C=CCCC.CC. The highest BCUT2D eigenvalue weighted by molar-refractivity contribution is 5.96. The van der Waals surface area contributed by atoms with Gasteiger partial charge in [0, 0.05) is 17.6 Å². The van der Waals surface area contributed by atoms with Crippen LogP contribution in [0.15, 0.2) is 65.8 Å². The number of aryl methyl sites for hydroxylation is 1. The first kappa shape index (κ1) is 23.5.